The molecule has 0 aliphatic heterocycles. The van der Waals surface area contributed by atoms with Crippen molar-refractivity contribution in [3.63, 3.8) is 0 Å². The van der Waals surface area contributed by atoms with Crippen LogP contribution in [0.2, 0.25) is 0 Å². The molecule has 4 aromatic carbocycles. The molecule has 0 fully saturated rings. The molecule has 0 saturated carbocycles. The SMILES string of the molecule is c1ccc2c(c1)c1cccc3c4ccccc4n(c4cccc5ncn2c54)c13. The number of hydrogen-bond donors (Lipinski definition) is 0. The predicted molar refractivity (Wildman–Crippen MR) is 116 cm³/mol. The van der Waals surface area contributed by atoms with E-state index >= 15 is 0 Å². The van der Waals surface area contributed by atoms with Gasteiger partial charge in [-0.2, -0.15) is 0 Å². The molecule has 0 N–H and O–H groups in total. The Kier molecular flexibility index (Phi) is 2.49. The molecular weight excluding hydrogens is 342 g/mol. The lowest BCUT2D eigenvalue weighted by Gasteiger charge is -2.09. The molecule has 28 heavy (non-hydrogen) atoms. The summed E-state index contributed by atoms with van der Waals surface area (Å²) in [5, 5.41) is 5.04. The fourth-order valence-electron chi connectivity index (χ4n) is 4.81. The van der Waals surface area contributed by atoms with Crippen molar-refractivity contribution in [2.24, 2.45) is 0 Å². The molecule has 3 aromatic heterocycles. The first-order valence-electron chi connectivity index (χ1n) is 9.50. The largest absolute Gasteiger partial charge is 0.306 e. The standard InChI is InChI=1S/C25H15N3/c1-3-12-21-16(7-1)18-9-5-10-19-17-8-2-4-13-22(17)28(24(18)19)23-14-6-11-20-25(23)27(21)15-26-20/h1-15H. The first kappa shape index (κ1) is 14.2. The first-order valence-corrected chi connectivity index (χ1v) is 9.50. The van der Waals surface area contributed by atoms with Gasteiger partial charge in [0.05, 0.1) is 33.1 Å². The van der Waals surface area contributed by atoms with E-state index in [4.69, 9.17) is 4.98 Å². The average molecular weight is 357 g/mol. The number of imidazole rings is 1. The minimum atomic E-state index is 1.01. The number of rotatable bonds is 0. The van der Waals surface area contributed by atoms with Gasteiger partial charge in [0.15, 0.2) is 0 Å². The van der Waals surface area contributed by atoms with Crippen LogP contribution in [-0.2, 0) is 0 Å². The third kappa shape index (κ3) is 1.58. The second-order valence-electron chi connectivity index (χ2n) is 7.33. The number of para-hydroxylation sites is 4. The quantitative estimate of drug-likeness (QED) is 0.317. The second kappa shape index (κ2) is 4.90. The summed E-state index contributed by atoms with van der Waals surface area (Å²) in [5.41, 5.74) is 6.98. The molecule has 0 amide bonds. The van der Waals surface area contributed by atoms with Gasteiger partial charge in [-0.1, -0.05) is 60.7 Å². The first-order chi connectivity index (χ1) is 13.9. The number of benzene rings is 4. The van der Waals surface area contributed by atoms with Crippen LogP contribution in [0.15, 0.2) is 91.3 Å². The maximum absolute atomic E-state index is 4.71. The lowest BCUT2D eigenvalue weighted by molar-refractivity contribution is 1.21. The van der Waals surface area contributed by atoms with Gasteiger partial charge < -0.3 is 4.40 Å². The van der Waals surface area contributed by atoms with Gasteiger partial charge >= 0.3 is 0 Å². The molecule has 0 bridgehead atoms. The van der Waals surface area contributed by atoms with Crippen LogP contribution >= 0.6 is 0 Å². The van der Waals surface area contributed by atoms with Crippen LogP contribution in [0.3, 0.4) is 0 Å². The maximum Gasteiger partial charge on any atom is 0.100 e. The minimum Gasteiger partial charge on any atom is -0.306 e. The van der Waals surface area contributed by atoms with E-state index in [1.165, 1.54) is 43.6 Å². The van der Waals surface area contributed by atoms with E-state index in [1.807, 2.05) is 6.33 Å². The Morgan fingerprint density at radius 1 is 0.500 bits per heavy atom. The number of hydrogen-bond acceptors (Lipinski definition) is 1. The van der Waals surface area contributed by atoms with Crippen molar-refractivity contribution in [1.82, 2.24) is 13.8 Å². The van der Waals surface area contributed by atoms with Gasteiger partial charge in [0, 0.05) is 21.5 Å². The summed E-state index contributed by atoms with van der Waals surface area (Å²) in [4.78, 5) is 4.71. The molecule has 0 atom stereocenters. The van der Waals surface area contributed by atoms with Crippen molar-refractivity contribution in [3.05, 3.63) is 91.3 Å². The van der Waals surface area contributed by atoms with Crippen LogP contribution in [0.1, 0.15) is 0 Å². The Hall–Kier alpha value is -3.85. The summed E-state index contributed by atoms with van der Waals surface area (Å²) in [7, 11) is 0. The van der Waals surface area contributed by atoms with E-state index in [0.29, 0.717) is 0 Å². The highest BCUT2D eigenvalue weighted by Crippen LogP contribution is 2.36. The minimum absolute atomic E-state index is 1.01. The molecule has 0 radical (unpaired) electrons. The zero-order chi connectivity index (χ0) is 18.2. The zero-order valence-electron chi connectivity index (χ0n) is 15.0. The Morgan fingerprint density at radius 2 is 1.11 bits per heavy atom. The van der Waals surface area contributed by atoms with Crippen molar-refractivity contribution in [2.75, 3.05) is 0 Å². The van der Waals surface area contributed by atoms with Gasteiger partial charge in [-0.05, 0) is 24.3 Å². The Morgan fingerprint density at radius 3 is 1.93 bits per heavy atom. The van der Waals surface area contributed by atoms with E-state index in [2.05, 4.69) is 93.7 Å². The molecule has 0 aliphatic rings. The molecule has 130 valence electrons. The third-order valence-electron chi connectivity index (χ3n) is 5.94. The van der Waals surface area contributed by atoms with Crippen LogP contribution in [0.4, 0.5) is 0 Å². The van der Waals surface area contributed by atoms with Gasteiger partial charge in [0.2, 0.25) is 0 Å². The van der Waals surface area contributed by atoms with Crippen LogP contribution in [0.5, 0.6) is 0 Å². The van der Waals surface area contributed by atoms with Gasteiger partial charge in [0.1, 0.15) is 6.33 Å². The molecule has 0 aliphatic carbocycles. The van der Waals surface area contributed by atoms with Crippen molar-refractivity contribution >= 4 is 54.6 Å². The molecule has 3 heteroatoms. The molecule has 3 heterocycles. The Balaban J connectivity index is 2.05. The molecule has 0 spiro atoms. The Labute approximate surface area is 160 Å². The molecular formula is C25H15N3. The molecule has 7 rings (SSSR count). The third-order valence-corrected chi connectivity index (χ3v) is 5.94. The smallest absolute Gasteiger partial charge is 0.100 e. The van der Waals surface area contributed by atoms with Crippen LogP contribution < -0.4 is 0 Å². The van der Waals surface area contributed by atoms with Crippen molar-refractivity contribution in [1.29, 1.82) is 0 Å². The van der Waals surface area contributed by atoms with E-state index < -0.39 is 0 Å². The normalized spacial score (nSPS) is 12.3. The second-order valence-corrected chi connectivity index (χ2v) is 7.33. The van der Waals surface area contributed by atoms with Crippen LogP contribution in [-0.4, -0.2) is 13.8 Å². The topological polar surface area (TPSA) is 21.7 Å². The molecule has 0 unspecified atom stereocenters. The fraction of sp³-hybridized carbons (Fsp3) is 0. The maximum atomic E-state index is 4.71. The summed E-state index contributed by atoms with van der Waals surface area (Å²) in [5.74, 6) is 0. The van der Waals surface area contributed by atoms with Gasteiger partial charge in [0.25, 0.3) is 0 Å². The van der Waals surface area contributed by atoms with E-state index in [-0.39, 0.29) is 0 Å². The van der Waals surface area contributed by atoms with Crippen molar-refractivity contribution in [2.45, 2.75) is 0 Å². The number of nitrogens with zero attached hydrogens (tertiary/aromatic N) is 3. The highest BCUT2D eigenvalue weighted by molar-refractivity contribution is 6.20. The summed E-state index contributed by atoms with van der Waals surface area (Å²) in [6.45, 7) is 0. The lowest BCUT2D eigenvalue weighted by Crippen LogP contribution is -1.93. The van der Waals surface area contributed by atoms with Crippen molar-refractivity contribution in [3.8, 4) is 0 Å². The summed E-state index contributed by atoms with van der Waals surface area (Å²) in [6.07, 6.45) is 1.95. The molecule has 3 nitrogen and oxygen atoms in total. The zero-order valence-corrected chi connectivity index (χ0v) is 15.0. The molecule has 7 aromatic rings. The van der Waals surface area contributed by atoms with Crippen LogP contribution in [0.25, 0.3) is 54.6 Å². The summed E-state index contributed by atoms with van der Waals surface area (Å²) in [6, 6.07) is 30.3. The lowest BCUT2D eigenvalue weighted by atomic mass is 10.1. The number of aromatic nitrogens is 3. The summed E-state index contributed by atoms with van der Waals surface area (Å²) >= 11 is 0. The van der Waals surface area contributed by atoms with E-state index in [9.17, 15) is 0 Å². The van der Waals surface area contributed by atoms with Crippen LogP contribution in [0, 0.1) is 0 Å². The summed E-state index contributed by atoms with van der Waals surface area (Å²) < 4.78 is 4.65. The Bertz CT molecular complexity index is 1720. The highest BCUT2D eigenvalue weighted by atomic mass is 15.0. The average Bonchev–Trinajstić information content (AvgIpc) is 3.32. The monoisotopic (exact) mass is 357 g/mol. The fourth-order valence-corrected chi connectivity index (χ4v) is 4.81. The number of fused-ring (bicyclic) bond motifs is 7. The van der Waals surface area contributed by atoms with Crippen molar-refractivity contribution < 1.29 is 0 Å². The molecule has 0 saturated heterocycles. The van der Waals surface area contributed by atoms with E-state index in [1.54, 1.807) is 0 Å². The highest BCUT2D eigenvalue weighted by Gasteiger charge is 2.15. The van der Waals surface area contributed by atoms with Gasteiger partial charge in [-0.15, -0.1) is 0 Å². The van der Waals surface area contributed by atoms with E-state index in [0.717, 1.165) is 11.0 Å². The van der Waals surface area contributed by atoms with Gasteiger partial charge in [-0.3, -0.25) is 4.40 Å². The predicted octanol–water partition coefficient (Wildman–Crippen LogP) is 6.20. The van der Waals surface area contributed by atoms with Gasteiger partial charge in [-0.25, -0.2) is 4.98 Å².